The number of para-hydroxylation sites is 2. The monoisotopic (exact) mass is 363 g/mol. The van der Waals surface area contributed by atoms with E-state index in [1.807, 2.05) is 24.3 Å². The number of hydrogen-bond donors (Lipinski definition) is 1. The van der Waals surface area contributed by atoms with Crippen molar-refractivity contribution in [2.24, 2.45) is 0 Å². The summed E-state index contributed by atoms with van der Waals surface area (Å²) >= 11 is 0. The molecule has 1 aromatic heterocycles. The fraction of sp³-hybridized carbons (Fsp3) is 0.190. The first kappa shape index (κ1) is 17.1. The van der Waals surface area contributed by atoms with Crippen molar-refractivity contribution in [1.82, 2.24) is 9.97 Å². The van der Waals surface area contributed by atoms with Crippen molar-refractivity contribution in [3.63, 3.8) is 0 Å². The molecular weight excluding hydrogens is 345 g/mol. The summed E-state index contributed by atoms with van der Waals surface area (Å²) in [4.78, 5) is 21.3. The van der Waals surface area contributed by atoms with Gasteiger partial charge in [0.15, 0.2) is 5.78 Å². The fourth-order valence-electron chi connectivity index (χ4n) is 3.34. The first-order valence-electron chi connectivity index (χ1n) is 8.68. The number of hydrogen-bond acceptors (Lipinski definition) is 5. The number of Topliss-reactive ketones (excluding diaryl/α,β-unsaturated/α-hetero) is 1. The van der Waals surface area contributed by atoms with E-state index in [1.165, 1.54) is 12.1 Å². The standard InChI is InChI=1S/C21H18FN3O2/c1-27-20-5-3-2-4-17(20)24-21-23-12-16-18(25-21)10-14(11-19(16)26)13-6-8-15(22)9-7-13/h2-9,12,14H,10-11H2,1H3,(H,23,24,25)/t14-/m1/s1. The number of ether oxygens (including phenoxy) is 1. The summed E-state index contributed by atoms with van der Waals surface area (Å²) in [7, 11) is 1.60. The van der Waals surface area contributed by atoms with E-state index in [0.717, 1.165) is 11.3 Å². The molecule has 4 rings (SSSR count). The molecule has 1 N–H and O–H groups in total. The van der Waals surface area contributed by atoms with Crippen molar-refractivity contribution in [1.29, 1.82) is 0 Å². The van der Waals surface area contributed by atoms with Crippen LogP contribution in [0.25, 0.3) is 0 Å². The lowest BCUT2D eigenvalue weighted by Crippen LogP contribution is -2.21. The quantitative estimate of drug-likeness (QED) is 0.749. The van der Waals surface area contributed by atoms with Gasteiger partial charge in [0.1, 0.15) is 11.6 Å². The molecule has 0 saturated heterocycles. The lowest BCUT2D eigenvalue weighted by Gasteiger charge is -2.23. The summed E-state index contributed by atoms with van der Waals surface area (Å²) in [5.41, 5.74) is 2.94. The molecule has 5 nitrogen and oxygen atoms in total. The van der Waals surface area contributed by atoms with Gasteiger partial charge < -0.3 is 10.1 Å². The lowest BCUT2D eigenvalue weighted by atomic mass is 9.82. The van der Waals surface area contributed by atoms with E-state index < -0.39 is 0 Å². The fourth-order valence-corrected chi connectivity index (χ4v) is 3.34. The summed E-state index contributed by atoms with van der Waals surface area (Å²) in [6, 6.07) is 13.8. The van der Waals surface area contributed by atoms with Crippen LogP contribution in [-0.4, -0.2) is 22.9 Å². The zero-order valence-corrected chi connectivity index (χ0v) is 14.8. The Labute approximate surface area is 156 Å². The summed E-state index contributed by atoms with van der Waals surface area (Å²) < 4.78 is 18.5. The number of rotatable bonds is 4. The molecule has 6 heteroatoms. The van der Waals surface area contributed by atoms with E-state index in [4.69, 9.17) is 4.74 Å². The maximum absolute atomic E-state index is 13.2. The summed E-state index contributed by atoms with van der Waals surface area (Å²) in [5, 5.41) is 3.14. The van der Waals surface area contributed by atoms with Crippen LogP contribution in [0.5, 0.6) is 5.75 Å². The van der Waals surface area contributed by atoms with Gasteiger partial charge in [-0.3, -0.25) is 4.79 Å². The predicted molar refractivity (Wildman–Crippen MR) is 100 cm³/mol. The van der Waals surface area contributed by atoms with Gasteiger partial charge in [0.05, 0.1) is 24.1 Å². The number of nitrogens with one attached hydrogen (secondary N) is 1. The highest BCUT2D eigenvalue weighted by Gasteiger charge is 2.28. The van der Waals surface area contributed by atoms with Crippen LogP contribution in [0.3, 0.4) is 0 Å². The lowest BCUT2D eigenvalue weighted by molar-refractivity contribution is 0.0962. The number of aromatic nitrogens is 2. The normalized spacial score (nSPS) is 15.9. The number of carbonyl (C=O) groups is 1. The number of halogens is 1. The van der Waals surface area contributed by atoms with Gasteiger partial charge in [-0.05, 0) is 42.2 Å². The maximum Gasteiger partial charge on any atom is 0.227 e. The molecule has 0 radical (unpaired) electrons. The third kappa shape index (κ3) is 3.51. The highest BCUT2D eigenvalue weighted by Crippen LogP contribution is 2.33. The van der Waals surface area contributed by atoms with E-state index in [1.54, 1.807) is 25.4 Å². The zero-order valence-electron chi connectivity index (χ0n) is 14.8. The molecule has 0 saturated carbocycles. The smallest absolute Gasteiger partial charge is 0.227 e. The number of nitrogens with zero attached hydrogens (tertiary/aromatic N) is 2. The number of methoxy groups -OCH3 is 1. The van der Waals surface area contributed by atoms with Crippen LogP contribution in [0, 0.1) is 5.82 Å². The van der Waals surface area contributed by atoms with Crippen molar-refractivity contribution in [3.8, 4) is 5.75 Å². The molecule has 0 fully saturated rings. The minimum atomic E-state index is -0.285. The first-order chi connectivity index (χ1) is 13.1. The van der Waals surface area contributed by atoms with Gasteiger partial charge in [-0.1, -0.05) is 24.3 Å². The van der Waals surface area contributed by atoms with Crippen molar-refractivity contribution in [2.45, 2.75) is 18.8 Å². The minimum absolute atomic E-state index is 0.00872. The topological polar surface area (TPSA) is 64.1 Å². The first-order valence-corrected chi connectivity index (χ1v) is 8.68. The summed E-state index contributed by atoms with van der Waals surface area (Å²) in [5.74, 6) is 0.797. The van der Waals surface area contributed by atoms with Crippen LogP contribution in [-0.2, 0) is 6.42 Å². The largest absolute Gasteiger partial charge is 0.495 e. The maximum atomic E-state index is 13.2. The van der Waals surface area contributed by atoms with Gasteiger partial charge in [0.25, 0.3) is 0 Å². The van der Waals surface area contributed by atoms with Gasteiger partial charge in [-0.15, -0.1) is 0 Å². The molecule has 136 valence electrons. The molecule has 0 unspecified atom stereocenters. The highest BCUT2D eigenvalue weighted by atomic mass is 19.1. The SMILES string of the molecule is COc1ccccc1Nc1ncc2c(n1)C[C@@H](c1ccc(F)cc1)CC2=O. The van der Waals surface area contributed by atoms with Gasteiger partial charge >= 0.3 is 0 Å². The second-order valence-electron chi connectivity index (χ2n) is 6.46. The van der Waals surface area contributed by atoms with Gasteiger partial charge in [0, 0.05) is 12.6 Å². The Balaban J connectivity index is 1.62. The average molecular weight is 363 g/mol. The average Bonchev–Trinajstić information content (AvgIpc) is 2.68. The Morgan fingerprint density at radius 1 is 1.11 bits per heavy atom. The van der Waals surface area contributed by atoms with E-state index in [-0.39, 0.29) is 17.5 Å². The summed E-state index contributed by atoms with van der Waals surface area (Å²) in [6.07, 6.45) is 2.56. The van der Waals surface area contributed by atoms with Crippen LogP contribution in [0.1, 0.15) is 34.0 Å². The van der Waals surface area contributed by atoms with Crippen LogP contribution in [0.2, 0.25) is 0 Å². The molecular formula is C21H18FN3O2. The molecule has 1 aliphatic carbocycles. The third-order valence-electron chi connectivity index (χ3n) is 4.73. The molecule has 0 amide bonds. The number of ketones is 1. The Kier molecular flexibility index (Phi) is 4.54. The molecule has 0 aliphatic heterocycles. The minimum Gasteiger partial charge on any atom is -0.495 e. The number of anilines is 2. The molecule has 1 heterocycles. The highest BCUT2D eigenvalue weighted by molar-refractivity contribution is 5.98. The Morgan fingerprint density at radius 2 is 1.89 bits per heavy atom. The van der Waals surface area contributed by atoms with Crippen LogP contribution >= 0.6 is 0 Å². The van der Waals surface area contributed by atoms with Crippen LogP contribution in [0.15, 0.2) is 54.7 Å². The van der Waals surface area contributed by atoms with Crippen molar-refractivity contribution in [3.05, 3.63) is 77.4 Å². The van der Waals surface area contributed by atoms with Crippen molar-refractivity contribution in [2.75, 3.05) is 12.4 Å². The third-order valence-corrected chi connectivity index (χ3v) is 4.73. The van der Waals surface area contributed by atoms with Crippen LogP contribution < -0.4 is 10.1 Å². The van der Waals surface area contributed by atoms with Crippen LogP contribution in [0.4, 0.5) is 16.0 Å². The van der Waals surface area contributed by atoms with E-state index in [2.05, 4.69) is 15.3 Å². The van der Waals surface area contributed by atoms with Gasteiger partial charge in [0.2, 0.25) is 5.95 Å². The molecule has 2 aromatic carbocycles. The molecule has 0 bridgehead atoms. The number of benzene rings is 2. The zero-order chi connectivity index (χ0) is 18.8. The predicted octanol–water partition coefficient (Wildman–Crippen LogP) is 4.28. The Bertz CT molecular complexity index is 989. The van der Waals surface area contributed by atoms with Crippen molar-refractivity contribution < 1.29 is 13.9 Å². The molecule has 1 atom stereocenters. The molecule has 3 aromatic rings. The number of carbonyl (C=O) groups excluding carboxylic acids is 1. The molecule has 1 aliphatic rings. The molecule has 0 spiro atoms. The summed E-state index contributed by atoms with van der Waals surface area (Å²) in [6.45, 7) is 0. The Morgan fingerprint density at radius 3 is 2.67 bits per heavy atom. The molecule has 27 heavy (non-hydrogen) atoms. The Hall–Kier alpha value is -3.28. The van der Waals surface area contributed by atoms with E-state index in [9.17, 15) is 9.18 Å². The van der Waals surface area contributed by atoms with Crippen molar-refractivity contribution >= 4 is 17.4 Å². The van der Waals surface area contributed by atoms with E-state index in [0.29, 0.717) is 35.8 Å². The van der Waals surface area contributed by atoms with E-state index >= 15 is 0 Å². The second-order valence-corrected chi connectivity index (χ2v) is 6.46. The van der Waals surface area contributed by atoms with Gasteiger partial charge in [-0.25, -0.2) is 14.4 Å². The van der Waals surface area contributed by atoms with Gasteiger partial charge in [-0.2, -0.15) is 0 Å². The second kappa shape index (κ2) is 7.15. The number of fused-ring (bicyclic) bond motifs is 1.